The maximum atomic E-state index is 12.1. The fourth-order valence-electron chi connectivity index (χ4n) is 1.78. The molecule has 1 aromatic carbocycles. The minimum absolute atomic E-state index is 0.192. The quantitative estimate of drug-likeness (QED) is 0.571. The second-order valence-corrected chi connectivity index (χ2v) is 5.08. The van der Waals surface area contributed by atoms with Gasteiger partial charge in [-0.2, -0.15) is 0 Å². The molecular formula is C17H22O4. The van der Waals surface area contributed by atoms with Crippen molar-refractivity contribution in [3.8, 4) is 0 Å². The minimum atomic E-state index is -0.509. The molecule has 0 saturated carbocycles. The number of benzene rings is 1. The molecule has 0 spiro atoms. The Kier molecular flexibility index (Phi) is 7.23. The summed E-state index contributed by atoms with van der Waals surface area (Å²) in [7, 11) is 0. The second-order valence-electron chi connectivity index (χ2n) is 5.08. The molecule has 4 nitrogen and oxygen atoms in total. The minimum Gasteiger partial charge on any atom is -0.463 e. The van der Waals surface area contributed by atoms with Gasteiger partial charge in [-0.1, -0.05) is 44.2 Å². The van der Waals surface area contributed by atoms with E-state index < -0.39 is 11.9 Å². The number of esters is 2. The molecule has 0 radical (unpaired) electrons. The van der Waals surface area contributed by atoms with Crippen LogP contribution < -0.4 is 0 Å². The number of hydrogen-bond acceptors (Lipinski definition) is 4. The summed E-state index contributed by atoms with van der Waals surface area (Å²) in [6.07, 6.45) is 1.71. The van der Waals surface area contributed by atoms with E-state index in [-0.39, 0.29) is 19.1 Å². The summed E-state index contributed by atoms with van der Waals surface area (Å²) in [5, 5.41) is 0. The summed E-state index contributed by atoms with van der Waals surface area (Å²) in [4.78, 5) is 23.6. The summed E-state index contributed by atoms with van der Waals surface area (Å²) < 4.78 is 10.1. The molecule has 0 N–H and O–H groups in total. The zero-order chi connectivity index (χ0) is 15.7. The maximum Gasteiger partial charge on any atom is 0.334 e. The Labute approximate surface area is 125 Å². The highest BCUT2D eigenvalue weighted by atomic mass is 16.5. The van der Waals surface area contributed by atoms with Crippen molar-refractivity contribution in [3.63, 3.8) is 0 Å². The highest BCUT2D eigenvalue weighted by Crippen LogP contribution is 2.14. The molecule has 21 heavy (non-hydrogen) atoms. The number of ether oxygens (including phenoxy) is 2. The van der Waals surface area contributed by atoms with Gasteiger partial charge in [-0.05, 0) is 24.8 Å². The first-order chi connectivity index (χ1) is 10.0. The molecule has 0 fully saturated rings. The van der Waals surface area contributed by atoms with Gasteiger partial charge in [-0.15, -0.1) is 0 Å². The van der Waals surface area contributed by atoms with Crippen molar-refractivity contribution in [1.29, 1.82) is 0 Å². The van der Waals surface area contributed by atoms with Gasteiger partial charge in [0.05, 0.1) is 6.61 Å². The van der Waals surface area contributed by atoms with Crippen LogP contribution in [0.1, 0.15) is 32.8 Å². The van der Waals surface area contributed by atoms with Gasteiger partial charge in [0.15, 0.2) is 0 Å². The van der Waals surface area contributed by atoms with Gasteiger partial charge >= 0.3 is 11.9 Å². The van der Waals surface area contributed by atoms with Crippen molar-refractivity contribution in [2.24, 2.45) is 5.92 Å². The van der Waals surface area contributed by atoms with E-state index in [9.17, 15) is 9.59 Å². The first-order valence-corrected chi connectivity index (χ1v) is 7.11. The zero-order valence-corrected chi connectivity index (χ0v) is 12.8. The molecule has 0 saturated heterocycles. The van der Waals surface area contributed by atoms with Gasteiger partial charge in [0.25, 0.3) is 0 Å². The van der Waals surface area contributed by atoms with Crippen LogP contribution in [0.4, 0.5) is 0 Å². The fraction of sp³-hybridized carbons (Fsp3) is 0.412. The lowest BCUT2D eigenvalue weighted by molar-refractivity contribution is -0.142. The van der Waals surface area contributed by atoms with Crippen LogP contribution in [0.25, 0.3) is 0 Å². The topological polar surface area (TPSA) is 52.6 Å². The van der Waals surface area contributed by atoms with Crippen LogP contribution in [0.3, 0.4) is 0 Å². The molecular weight excluding hydrogens is 268 g/mol. The van der Waals surface area contributed by atoms with E-state index in [4.69, 9.17) is 9.47 Å². The molecule has 0 atom stereocenters. The van der Waals surface area contributed by atoms with Crippen molar-refractivity contribution in [1.82, 2.24) is 0 Å². The molecule has 0 aromatic heterocycles. The highest BCUT2D eigenvalue weighted by Gasteiger charge is 2.15. The van der Waals surface area contributed by atoms with Crippen molar-refractivity contribution < 1.29 is 19.1 Å². The smallest absolute Gasteiger partial charge is 0.334 e. The largest absolute Gasteiger partial charge is 0.463 e. The summed E-state index contributed by atoms with van der Waals surface area (Å²) in [6.45, 7) is 6.15. The zero-order valence-electron chi connectivity index (χ0n) is 12.8. The van der Waals surface area contributed by atoms with Crippen molar-refractivity contribution in [2.75, 3.05) is 6.61 Å². The predicted molar refractivity (Wildman–Crippen MR) is 80.4 cm³/mol. The Bertz CT molecular complexity index is 489. The summed E-state index contributed by atoms with van der Waals surface area (Å²) in [6, 6.07) is 9.42. The number of carbonyl (C=O) groups excluding carboxylic acids is 2. The maximum absolute atomic E-state index is 12.1. The summed E-state index contributed by atoms with van der Waals surface area (Å²) in [5.74, 6) is -0.736. The van der Waals surface area contributed by atoms with Gasteiger partial charge in [-0.25, -0.2) is 9.59 Å². The molecule has 114 valence electrons. The number of carbonyl (C=O) groups is 2. The van der Waals surface area contributed by atoms with Gasteiger partial charge in [-0.3, -0.25) is 0 Å². The lowest BCUT2D eigenvalue weighted by Crippen LogP contribution is -2.13. The van der Waals surface area contributed by atoms with E-state index in [1.165, 1.54) is 6.08 Å². The van der Waals surface area contributed by atoms with Gasteiger partial charge in [0.1, 0.15) is 6.61 Å². The van der Waals surface area contributed by atoms with Crippen LogP contribution in [-0.4, -0.2) is 18.5 Å². The fourth-order valence-corrected chi connectivity index (χ4v) is 1.78. The van der Waals surface area contributed by atoms with E-state index >= 15 is 0 Å². The Morgan fingerprint density at radius 2 is 1.81 bits per heavy atom. The first-order valence-electron chi connectivity index (χ1n) is 7.11. The third-order valence-corrected chi connectivity index (χ3v) is 2.68. The van der Waals surface area contributed by atoms with Crippen molar-refractivity contribution >= 4 is 11.9 Å². The Hall–Kier alpha value is -2.10. The van der Waals surface area contributed by atoms with Crippen molar-refractivity contribution in [3.05, 3.63) is 47.5 Å². The van der Waals surface area contributed by atoms with E-state index in [1.54, 1.807) is 6.92 Å². The average molecular weight is 290 g/mol. The molecule has 4 heteroatoms. The second kappa shape index (κ2) is 8.95. The molecule has 0 heterocycles. The van der Waals surface area contributed by atoms with Crippen LogP contribution in [0, 0.1) is 5.92 Å². The molecule has 0 aliphatic rings. The van der Waals surface area contributed by atoms with Gasteiger partial charge in [0, 0.05) is 11.6 Å². The highest BCUT2D eigenvalue weighted by molar-refractivity contribution is 5.96. The third-order valence-electron chi connectivity index (χ3n) is 2.68. The average Bonchev–Trinajstić information content (AvgIpc) is 2.45. The molecule has 0 aliphatic carbocycles. The lowest BCUT2D eigenvalue weighted by Gasteiger charge is -2.10. The Morgan fingerprint density at radius 3 is 2.38 bits per heavy atom. The van der Waals surface area contributed by atoms with Crippen LogP contribution >= 0.6 is 0 Å². The predicted octanol–water partition coefficient (Wildman–Crippen LogP) is 3.27. The van der Waals surface area contributed by atoms with E-state index in [2.05, 4.69) is 0 Å². The normalized spacial score (nSPS) is 11.3. The van der Waals surface area contributed by atoms with E-state index in [0.717, 1.165) is 5.56 Å². The molecule has 1 rings (SSSR count). The third kappa shape index (κ3) is 6.75. The molecule has 0 amide bonds. The summed E-state index contributed by atoms with van der Waals surface area (Å²) in [5.41, 5.74) is 1.25. The molecule has 0 unspecified atom stereocenters. The molecule has 1 aromatic rings. The number of rotatable bonds is 7. The van der Waals surface area contributed by atoms with E-state index in [0.29, 0.717) is 12.0 Å². The number of hydrogen-bond donors (Lipinski definition) is 0. The first kappa shape index (κ1) is 17.0. The van der Waals surface area contributed by atoms with Crippen LogP contribution in [0.15, 0.2) is 42.0 Å². The van der Waals surface area contributed by atoms with Gasteiger partial charge in [0.2, 0.25) is 0 Å². The van der Waals surface area contributed by atoms with Crippen LogP contribution in [0.5, 0.6) is 0 Å². The van der Waals surface area contributed by atoms with Gasteiger partial charge < -0.3 is 9.47 Å². The Morgan fingerprint density at radius 1 is 1.14 bits per heavy atom. The van der Waals surface area contributed by atoms with E-state index in [1.807, 2.05) is 44.2 Å². The standard InChI is InChI=1S/C17H22O4/c1-4-20-16(18)11-15(10-13(2)3)17(19)21-12-14-8-6-5-7-9-14/h5-9,11,13H,4,10,12H2,1-3H3. The monoisotopic (exact) mass is 290 g/mol. The molecule has 0 bridgehead atoms. The Balaban J connectivity index is 2.69. The summed E-state index contributed by atoms with van der Waals surface area (Å²) >= 11 is 0. The van der Waals surface area contributed by atoms with Crippen LogP contribution in [-0.2, 0) is 25.7 Å². The molecule has 0 aliphatic heterocycles. The lowest BCUT2D eigenvalue weighted by atomic mass is 10.0. The SMILES string of the molecule is CCOC(=O)C=C(CC(C)C)C(=O)OCc1ccccc1. The van der Waals surface area contributed by atoms with Crippen molar-refractivity contribution in [2.45, 2.75) is 33.8 Å². The van der Waals surface area contributed by atoms with Crippen LogP contribution in [0.2, 0.25) is 0 Å².